The number of carbonyl (C=O) groups is 1. The van der Waals surface area contributed by atoms with Crippen LogP contribution in [0.4, 0.5) is 10.5 Å². The topological polar surface area (TPSA) is 70.8 Å². The quantitative estimate of drug-likeness (QED) is 0.624. The number of hydrogen-bond acceptors (Lipinski definition) is 5. The third-order valence-electron chi connectivity index (χ3n) is 5.35. The summed E-state index contributed by atoms with van der Waals surface area (Å²) in [6.45, 7) is 5.40. The van der Waals surface area contributed by atoms with Crippen molar-refractivity contribution in [3.8, 4) is 17.2 Å². The van der Waals surface area contributed by atoms with E-state index >= 15 is 0 Å². The van der Waals surface area contributed by atoms with Gasteiger partial charge in [0, 0.05) is 43.3 Å². The smallest absolute Gasteiger partial charge is 0.322 e. The number of nitrogens with zero attached hydrogens (tertiary/aromatic N) is 3. The van der Waals surface area contributed by atoms with Crippen LogP contribution in [-0.2, 0) is 6.54 Å². The molecule has 1 aliphatic heterocycles. The Kier molecular flexibility index (Phi) is 6.44. The van der Waals surface area contributed by atoms with Gasteiger partial charge in [-0.05, 0) is 37.3 Å². The third-order valence-corrected chi connectivity index (χ3v) is 5.58. The minimum absolute atomic E-state index is 0.120. The number of carbonyl (C=O) groups excluding carboxylic acids is 1. The van der Waals surface area contributed by atoms with Gasteiger partial charge in [-0.3, -0.25) is 4.90 Å². The lowest BCUT2D eigenvalue weighted by Gasteiger charge is -2.34. The largest absolute Gasteiger partial charge is 0.495 e. The number of para-hydroxylation sites is 2. The van der Waals surface area contributed by atoms with E-state index in [2.05, 4.69) is 15.2 Å². The molecule has 2 amide bonds. The SMILES string of the molecule is COc1ccccc1NC(=O)N1CCN(Cc2nc(-c3cccc(Cl)c3)oc2C)CC1. The van der Waals surface area contributed by atoms with Gasteiger partial charge in [0.2, 0.25) is 5.89 Å². The summed E-state index contributed by atoms with van der Waals surface area (Å²) in [6, 6.07) is 14.8. The summed E-state index contributed by atoms with van der Waals surface area (Å²) in [5.41, 5.74) is 2.44. The first-order chi connectivity index (χ1) is 15.0. The number of halogens is 1. The van der Waals surface area contributed by atoms with Crippen LogP contribution in [0.5, 0.6) is 5.75 Å². The summed E-state index contributed by atoms with van der Waals surface area (Å²) < 4.78 is 11.2. The van der Waals surface area contributed by atoms with Gasteiger partial charge >= 0.3 is 6.03 Å². The highest BCUT2D eigenvalue weighted by Crippen LogP contribution is 2.26. The van der Waals surface area contributed by atoms with Crippen LogP contribution in [0.2, 0.25) is 5.02 Å². The molecule has 0 radical (unpaired) electrons. The van der Waals surface area contributed by atoms with Crippen LogP contribution in [-0.4, -0.2) is 54.1 Å². The number of methoxy groups -OCH3 is 1. The van der Waals surface area contributed by atoms with Crippen molar-refractivity contribution in [3.05, 3.63) is 65.0 Å². The number of amides is 2. The molecule has 1 fully saturated rings. The van der Waals surface area contributed by atoms with Gasteiger partial charge in [0.15, 0.2) is 0 Å². The molecular weight excluding hydrogens is 416 g/mol. The Morgan fingerprint density at radius 1 is 1.16 bits per heavy atom. The van der Waals surface area contributed by atoms with Crippen molar-refractivity contribution in [3.63, 3.8) is 0 Å². The monoisotopic (exact) mass is 440 g/mol. The molecule has 1 N–H and O–H groups in total. The van der Waals surface area contributed by atoms with Gasteiger partial charge in [-0.1, -0.05) is 29.8 Å². The van der Waals surface area contributed by atoms with E-state index in [1.54, 1.807) is 7.11 Å². The molecule has 1 saturated heterocycles. The number of rotatable bonds is 5. The molecular formula is C23H25ClN4O3. The van der Waals surface area contributed by atoms with Crippen LogP contribution < -0.4 is 10.1 Å². The van der Waals surface area contributed by atoms with Crippen LogP contribution in [0.25, 0.3) is 11.5 Å². The molecule has 3 aromatic rings. The Bertz CT molecular complexity index is 1060. The average molecular weight is 441 g/mol. The van der Waals surface area contributed by atoms with E-state index in [0.29, 0.717) is 42.0 Å². The number of urea groups is 1. The van der Waals surface area contributed by atoms with Gasteiger partial charge in [0.25, 0.3) is 0 Å². The summed E-state index contributed by atoms with van der Waals surface area (Å²) in [6.07, 6.45) is 0. The molecule has 4 rings (SSSR count). The lowest BCUT2D eigenvalue weighted by molar-refractivity contribution is 0.141. The number of aryl methyl sites for hydroxylation is 1. The highest BCUT2D eigenvalue weighted by atomic mass is 35.5. The fraction of sp³-hybridized carbons (Fsp3) is 0.304. The number of ether oxygens (including phenoxy) is 1. The molecule has 162 valence electrons. The van der Waals surface area contributed by atoms with Gasteiger partial charge in [0.05, 0.1) is 18.5 Å². The van der Waals surface area contributed by atoms with Crippen molar-refractivity contribution in [1.29, 1.82) is 0 Å². The normalized spacial score (nSPS) is 14.5. The molecule has 0 spiro atoms. The Morgan fingerprint density at radius 3 is 2.68 bits per heavy atom. The fourth-order valence-corrected chi connectivity index (χ4v) is 3.77. The summed E-state index contributed by atoms with van der Waals surface area (Å²) in [4.78, 5) is 21.4. The average Bonchev–Trinajstić information content (AvgIpc) is 3.15. The summed E-state index contributed by atoms with van der Waals surface area (Å²) >= 11 is 6.08. The second-order valence-corrected chi connectivity index (χ2v) is 7.86. The molecule has 31 heavy (non-hydrogen) atoms. The molecule has 1 aliphatic rings. The number of oxazole rings is 1. The predicted octanol–water partition coefficient (Wildman–Crippen LogP) is 4.66. The van der Waals surface area contributed by atoms with Crippen molar-refractivity contribution < 1.29 is 13.9 Å². The lowest BCUT2D eigenvalue weighted by atomic mass is 10.2. The van der Waals surface area contributed by atoms with Crippen molar-refractivity contribution >= 4 is 23.3 Å². The number of aromatic nitrogens is 1. The van der Waals surface area contributed by atoms with Crippen LogP contribution in [0.3, 0.4) is 0 Å². The van der Waals surface area contributed by atoms with Crippen LogP contribution in [0, 0.1) is 6.92 Å². The maximum atomic E-state index is 12.6. The summed E-state index contributed by atoms with van der Waals surface area (Å²) in [7, 11) is 1.59. The number of hydrogen-bond donors (Lipinski definition) is 1. The van der Waals surface area contributed by atoms with Crippen molar-refractivity contribution in [2.24, 2.45) is 0 Å². The first-order valence-electron chi connectivity index (χ1n) is 10.2. The molecule has 0 aliphatic carbocycles. The van der Waals surface area contributed by atoms with Gasteiger partial charge < -0.3 is 19.4 Å². The first-order valence-corrected chi connectivity index (χ1v) is 10.5. The van der Waals surface area contributed by atoms with Crippen LogP contribution in [0.15, 0.2) is 52.9 Å². The number of benzene rings is 2. The van der Waals surface area contributed by atoms with E-state index in [1.165, 1.54) is 0 Å². The Hall–Kier alpha value is -3.03. The zero-order chi connectivity index (χ0) is 21.8. The zero-order valence-corrected chi connectivity index (χ0v) is 18.4. The molecule has 2 aromatic carbocycles. The van der Waals surface area contributed by atoms with Crippen LogP contribution >= 0.6 is 11.6 Å². The molecule has 0 saturated carbocycles. The van der Waals surface area contributed by atoms with Crippen molar-refractivity contribution in [2.45, 2.75) is 13.5 Å². The Balaban J connectivity index is 1.34. The van der Waals surface area contributed by atoms with Gasteiger partial charge in [-0.25, -0.2) is 9.78 Å². The van der Waals surface area contributed by atoms with Gasteiger partial charge in [-0.15, -0.1) is 0 Å². The number of anilines is 1. The van der Waals surface area contributed by atoms with E-state index < -0.39 is 0 Å². The highest BCUT2D eigenvalue weighted by molar-refractivity contribution is 6.30. The standard InChI is InChI=1S/C23H25ClN4O3/c1-16-20(25-22(31-16)17-6-5-7-18(24)14-17)15-27-10-12-28(13-11-27)23(29)26-19-8-3-4-9-21(19)30-2/h3-9,14H,10-13,15H2,1-2H3,(H,26,29). The fourth-order valence-electron chi connectivity index (χ4n) is 3.58. The molecule has 0 unspecified atom stereocenters. The van der Waals surface area contributed by atoms with Gasteiger partial charge in [0.1, 0.15) is 11.5 Å². The van der Waals surface area contributed by atoms with E-state index in [4.69, 9.17) is 20.8 Å². The van der Waals surface area contributed by atoms with E-state index in [9.17, 15) is 4.79 Å². The second-order valence-electron chi connectivity index (χ2n) is 7.43. The molecule has 0 bridgehead atoms. The maximum absolute atomic E-state index is 12.6. The molecule has 2 heterocycles. The maximum Gasteiger partial charge on any atom is 0.322 e. The van der Waals surface area contributed by atoms with E-state index in [1.807, 2.05) is 60.4 Å². The van der Waals surface area contributed by atoms with Gasteiger partial charge in [-0.2, -0.15) is 0 Å². The molecule has 8 heteroatoms. The third kappa shape index (κ3) is 5.00. The molecule has 0 atom stereocenters. The summed E-state index contributed by atoms with van der Waals surface area (Å²) in [5.74, 6) is 2.02. The lowest BCUT2D eigenvalue weighted by Crippen LogP contribution is -2.49. The molecule has 7 nitrogen and oxygen atoms in total. The van der Waals surface area contributed by atoms with Crippen molar-refractivity contribution in [2.75, 3.05) is 38.6 Å². The number of nitrogens with one attached hydrogen (secondary N) is 1. The van der Waals surface area contributed by atoms with Crippen molar-refractivity contribution in [1.82, 2.24) is 14.8 Å². The predicted molar refractivity (Wildman–Crippen MR) is 121 cm³/mol. The van der Waals surface area contributed by atoms with Crippen LogP contribution in [0.1, 0.15) is 11.5 Å². The Morgan fingerprint density at radius 2 is 1.94 bits per heavy atom. The van der Waals surface area contributed by atoms with E-state index in [0.717, 1.165) is 30.1 Å². The second kappa shape index (κ2) is 9.41. The minimum atomic E-state index is -0.120. The highest BCUT2D eigenvalue weighted by Gasteiger charge is 2.23. The minimum Gasteiger partial charge on any atom is -0.495 e. The summed E-state index contributed by atoms with van der Waals surface area (Å²) in [5, 5.41) is 3.59. The van der Waals surface area contributed by atoms with E-state index in [-0.39, 0.29) is 6.03 Å². The zero-order valence-electron chi connectivity index (χ0n) is 17.6. The molecule has 1 aromatic heterocycles. The first kappa shape index (κ1) is 21.2. The number of piperazine rings is 1. The Labute approximate surface area is 186 Å².